The van der Waals surface area contributed by atoms with Crippen molar-refractivity contribution in [3.8, 4) is 0 Å². The fourth-order valence-corrected chi connectivity index (χ4v) is 3.80. The molecular formula is C26H29NO3. The molecule has 0 aliphatic heterocycles. The lowest BCUT2D eigenvalue weighted by Gasteiger charge is -2.35. The van der Waals surface area contributed by atoms with Gasteiger partial charge in [-0.1, -0.05) is 91.0 Å². The van der Waals surface area contributed by atoms with Crippen LogP contribution in [-0.4, -0.2) is 32.0 Å². The SMILES string of the molecule is CCOC(CNC(=O)C(c1ccccc1)(c1ccccc1)c1ccccc1)OCC. The highest BCUT2D eigenvalue weighted by molar-refractivity contribution is 5.96. The molecule has 4 nitrogen and oxygen atoms in total. The predicted octanol–water partition coefficient (Wildman–Crippen LogP) is 4.54. The first kappa shape index (κ1) is 21.8. The van der Waals surface area contributed by atoms with Crippen LogP contribution in [0.15, 0.2) is 91.0 Å². The molecule has 0 spiro atoms. The molecule has 0 saturated carbocycles. The fourth-order valence-electron chi connectivity index (χ4n) is 3.80. The number of benzene rings is 3. The Morgan fingerprint density at radius 2 is 1.10 bits per heavy atom. The summed E-state index contributed by atoms with van der Waals surface area (Å²) in [7, 11) is 0. The summed E-state index contributed by atoms with van der Waals surface area (Å²) < 4.78 is 11.3. The summed E-state index contributed by atoms with van der Waals surface area (Å²) in [6.45, 7) is 5.13. The molecular weight excluding hydrogens is 374 g/mol. The van der Waals surface area contributed by atoms with Gasteiger partial charge in [-0.05, 0) is 30.5 Å². The molecule has 0 unspecified atom stereocenters. The molecule has 0 atom stereocenters. The molecule has 0 aliphatic rings. The van der Waals surface area contributed by atoms with Crippen LogP contribution in [-0.2, 0) is 19.7 Å². The summed E-state index contributed by atoms with van der Waals surface area (Å²) >= 11 is 0. The molecule has 1 amide bonds. The van der Waals surface area contributed by atoms with Crippen LogP contribution in [0.25, 0.3) is 0 Å². The van der Waals surface area contributed by atoms with Crippen LogP contribution in [0.3, 0.4) is 0 Å². The number of nitrogens with one attached hydrogen (secondary N) is 1. The third-order valence-corrected chi connectivity index (χ3v) is 5.10. The lowest BCUT2D eigenvalue weighted by molar-refractivity contribution is -0.141. The highest BCUT2D eigenvalue weighted by Gasteiger charge is 2.43. The summed E-state index contributed by atoms with van der Waals surface area (Å²) in [5, 5.41) is 3.10. The summed E-state index contributed by atoms with van der Waals surface area (Å²) in [5.74, 6) is -0.115. The zero-order chi connectivity index (χ0) is 21.2. The summed E-state index contributed by atoms with van der Waals surface area (Å²) in [6.07, 6.45) is -0.482. The predicted molar refractivity (Wildman–Crippen MR) is 119 cm³/mol. The van der Waals surface area contributed by atoms with Gasteiger partial charge in [0.05, 0.1) is 6.54 Å². The van der Waals surface area contributed by atoms with E-state index in [0.29, 0.717) is 13.2 Å². The zero-order valence-corrected chi connectivity index (χ0v) is 17.6. The van der Waals surface area contributed by atoms with E-state index < -0.39 is 11.7 Å². The molecule has 3 aromatic rings. The maximum Gasteiger partial charge on any atom is 0.239 e. The van der Waals surface area contributed by atoms with E-state index in [2.05, 4.69) is 5.32 Å². The minimum atomic E-state index is -0.993. The van der Waals surface area contributed by atoms with Gasteiger partial charge in [-0.25, -0.2) is 0 Å². The number of amides is 1. The Labute approximate surface area is 178 Å². The second-order valence-corrected chi connectivity index (χ2v) is 6.90. The van der Waals surface area contributed by atoms with Crippen LogP contribution in [0.2, 0.25) is 0 Å². The molecule has 1 N–H and O–H groups in total. The highest BCUT2D eigenvalue weighted by Crippen LogP contribution is 2.39. The number of rotatable bonds is 10. The number of hydrogen-bond donors (Lipinski definition) is 1. The van der Waals surface area contributed by atoms with Crippen molar-refractivity contribution in [1.82, 2.24) is 5.32 Å². The Bertz CT molecular complexity index is 795. The third-order valence-electron chi connectivity index (χ3n) is 5.10. The van der Waals surface area contributed by atoms with Gasteiger partial charge in [-0.2, -0.15) is 0 Å². The van der Waals surface area contributed by atoms with Crippen molar-refractivity contribution in [2.75, 3.05) is 19.8 Å². The second-order valence-electron chi connectivity index (χ2n) is 6.90. The van der Waals surface area contributed by atoms with Gasteiger partial charge >= 0.3 is 0 Å². The Kier molecular flexibility index (Phi) is 7.77. The topological polar surface area (TPSA) is 47.6 Å². The monoisotopic (exact) mass is 403 g/mol. The average Bonchev–Trinajstić information content (AvgIpc) is 2.80. The lowest BCUT2D eigenvalue weighted by Crippen LogP contribution is -2.48. The normalized spacial score (nSPS) is 11.4. The molecule has 0 saturated heterocycles. The molecule has 30 heavy (non-hydrogen) atoms. The third kappa shape index (κ3) is 4.61. The van der Waals surface area contributed by atoms with Crippen LogP contribution < -0.4 is 5.32 Å². The summed E-state index contributed by atoms with van der Waals surface area (Å²) in [6, 6.07) is 29.7. The van der Waals surface area contributed by atoms with E-state index in [1.807, 2.05) is 105 Å². The van der Waals surface area contributed by atoms with Gasteiger partial charge in [0.1, 0.15) is 5.41 Å². The van der Waals surface area contributed by atoms with Gasteiger partial charge < -0.3 is 14.8 Å². The van der Waals surface area contributed by atoms with Gasteiger partial charge in [-0.15, -0.1) is 0 Å². The standard InChI is InChI=1S/C26H29NO3/c1-3-29-24(30-4-2)20-27-25(28)26(21-14-8-5-9-15-21,22-16-10-6-11-17-22)23-18-12-7-13-19-23/h5-19,24H,3-4,20H2,1-2H3,(H,27,28). The number of hydrogen-bond acceptors (Lipinski definition) is 3. The molecule has 0 fully saturated rings. The van der Waals surface area contributed by atoms with Gasteiger partial charge in [0.25, 0.3) is 0 Å². The van der Waals surface area contributed by atoms with Crippen molar-refractivity contribution in [2.24, 2.45) is 0 Å². The van der Waals surface area contributed by atoms with Crippen molar-refractivity contribution < 1.29 is 14.3 Å². The number of carbonyl (C=O) groups excluding carboxylic acids is 1. The van der Waals surface area contributed by atoms with E-state index in [-0.39, 0.29) is 12.5 Å². The smallest absolute Gasteiger partial charge is 0.239 e. The van der Waals surface area contributed by atoms with E-state index in [9.17, 15) is 4.79 Å². The quantitative estimate of drug-likeness (QED) is 0.399. The van der Waals surface area contributed by atoms with Crippen molar-refractivity contribution >= 4 is 5.91 Å². The van der Waals surface area contributed by atoms with Crippen molar-refractivity contribution in [2.45, 2.75) is 25.6 Å². The second kappa shape index (κ2) is 10.7. The lowest BCUT2D eigenvalue weighted by atomic mass is 9.68. The zero-order valence-electron chi connectivity index (χ0n) is 17.6. The molecule has 3 aromatic carbocycles. The van der Waals surface area contributed by atoms with E-state index >= 15 is 0 Å². The van der Waals surface area contributed by atoms with Crippen LogP contribution in [0, 0.1) is 0 Å². The van der Waals surface area contributed by atoms with E-state index in [1.165, 1.54) is 0 Å². The summed E-state index contributed by atoms with van der Waals surface area (Å²) in [5.41, 5.74) is 1.73. The van der Waals surface area contributed by atoms with E-state index in [0.717, 1.165) is 16.7 Å². The molecule has 0 heterocycles. The van der Waals surface area contributed by atoms with Gasteiger partial charge in [-0.3, -0.25) is 4.79 Å². The largest absolute Gasteiger partial charge is 0.351 e. The van der Waals surface area contributed by atoms with Gasteiger partial charge in [0, 0.05) is 13.2 Å². The van der Waals surface area contributed by atoms with Gasteiger partial charge in [0.2, 0.25) is 5.91 Å². The molecule has 0 aromatic heterocycles. The molecule has 0 bridgehead atoms. The molecule has 156 valence electrons. The van der Waals surface area contributed by atoms with Crippen LogP contribution in [0.4, 0.5) is 0 Å². The van der Waals surface area contributed by atoms with Crippen LogP contribution >= 0.6 is 0 Å². The minimum absolute atomic E-state index is 0.115. The van der Waals surface area contributed by atoms with Crippen molar-refractivity contribution in [3.63, 3.8) is 0 Å². The maximum absolute atomic E-state index is 14.0. The highest BCUT2D eigenvalue weighted by atomic mass is 16.7. The molecule has 3 rings (SSSR count). The first-order valence-electron chi connectivity index (χ1n) is 10.4. The first-order valence-corrected chi connectivity index (χ1v) is 10.4. The number of ether oxygens (including phenoxy) is 2. The first-order chi connectivity index (χ1) is 14.7. The fraction of sp³-hybridized carbons (Fsp3) is 0.269. The van der Waals surface area contributed by atoms with E-state index in [1.54, 1.807) is 0 Å². The Morgan fingerprint density at radius 1 is 0.733 bits per heavy atom. The van der Waals surface area contributed by atoms with Crippen LogP contribution in [0.5, 0.6) is 0 Å². The maximum atomic E-state index is 14.0. The van der Waals surface area contributed by atoms with Gasteiger partial charge in [0.15, 0.2) is 6.29 Å². The molecule has 0 radical (unpaired) electrons. The Morgan fingerprint density at radius 3 is 1.43 bits per heavy atom. The molecule has 0 aliphatic carbocycles. The van der Waals surface area contributed by atoms with E-state index in [4.69, 9.17) is 9.47 Å². The minimum Gasteiger partial charge on any atom is -0.351 e. The van der Waals surface area contributed by atoms with Crippen molar-refractivity contribution in [1.29, 1.82) is 0 Å². The average molecular weight is 404 g/mol. The Hall–Kier alpha value is -2.95. The van der Waals surface area contributed by atoms with Crippen molar-refractivity contribution in [3.05, 3.63) is 108 Å². The molecule has 4 heteroatoms. The number of carbonyl (C=O) groups is 1. The van der Waals surface area contributed by atoms with Crippen LogP contribution in [0.1, 0.15) is 30.5 Å². The Balaban J connectivity index is 2.10. The summed E-state index contributed by atoms with van der Waals surface area (Å²) in [4.78, 5) is 14.0.